The molecule has 0 unspecified atom stereocenters. The second kappa shape index (κ2) is 8.51. The quantitative estimate of drug-likeness (QED) is 0.645. The van der Waals surface area contributed by atoms with Gasteiger partial charge in [0, 0.05) is 43.3 Å². The first-order valence-electron chi connectivity index (χ1n) is 10.2. The van der Waals surface area contributed by atoms with Crippen LogP contribution in [0.25, 0.3) is 11.4 Å². The fraction of sp³-hybridized carbons (Fsp3) is 0.409. The van der Waals surface area contributed by atoms with Crippen molar-refractivity contribution in [1.29, 1.82) is 0 Å². The van der Waals surface area contributed by atoms with Gasteiger partial charge in [0.1, 0.15) is 0 Å². The summed E-state index contributed by atoms with van der Waals surface area (Å²) in [5.74, 6) is 2.00. The first kappa shape index (κ1) is 19.2. The van der Waals surface area contributed by atoms with Gasteiger partial charge in [-0.05, 0) is 36.1 Å². The molecule has 29 heavy (non-hydrogen) atoms. The maximum absolute atomic E-state index is 13.1. The number of nitrogens with zero attached hydrogens (tertiary/aromatic N) is 6. The maximum Gasteiger partial charge on any atom is 0.223 e. The monoisotopic (exact) mass is 390 g/mol. The summed E-state index contributed by atoms with van der Waals surface area (Å²) in [5.41, 5.74) is 1.98. The van der Waals surface area contributed by atoms with Gasteiger partial charge in [0.25, 0.3) is 0 Å². The Morgan fingerprint density at radius 3 is 2.66 bits per heavy atom. The lowest BCUT2D eigenvalue weighted by atomic mass is 9.94. The second-order valence-electron chi connectivity index (χ2n) is 7.54. The lowest BCUT2D eigenvalue weighted by Crippen LogP contribution is -2.45. The summed E-state index contributed by atoms with van der Waals surface area (Å²) in [6.07, 6.45) is 9.23. The van der Waals surface area contributed by atoms with E-state index >= 15 is 0 Å². The summed E-state index contributed by atoms with van der Waals surface area (Å²) in [5, 5.41) is 4.69. The van der Waals surface area contributed by atoms with Gasteiger partial charge in [0.2, 0.25) is 5.91 Å². The zero-order valence-corrected chi connectivity index (χ0v) is 16.9. The van der Waals surface area contributed by atoms with Gasteiger partial charge in [-0.1, -0.05) is 26.3 Å². The molecule has 1 amide bonds. The van der Waals surface area contributed by atoms with E-state index in [0.29, 0.717) is 37.7 Å². The molecule has 4 rings (SSSR count). The topological polar surface area (TPSA) is 76.8 Å². The standard InChI is InChI=1S/C22H26N6O/c1-3-16(2)20-22-25-21(18-7-5-11-24-15-18)26-28(22)13-12-27(20)19(29)9-8-17-6-4-10-23-14-17/h4-7,10-11,14-16,20H,3,8-9,12-13H2,1-2H3/t16-,20-/m0/s1. The minimum atomic E-state index is -0.0620. The average Bonchev–Trinajstić information content (AvgIpc) is 3.22. The number of amides is 1. The molecule has 150 valence electrons. The lowest BCUT2D eigenvalue weighted by molar-refractivity contribution is -0.136. The zero-order chi connectivity index (χ0) is 20.2. The minimum absolute atomic E-state index is 0.0620. The van der Waals surface area contributed by atoms with Crippen molar-refractivity contribution in [2.24, 2.45) is 5.92 Å². The smallest absolute Gasteiger partial charge is 0.223 e. The average molecular weight is 390 g/mol. The molecule has 3 aromatic rings. The van der Waals surface area contributed by atoms with Crippen LogP contribution in [0.3, 0.4) is 0 Å². The van der Waals surface area contributed by atoms with E-state index in [-0.39, 0.29) is 11.9 Å². The predicted octanol–water partition coefficient (Wildman–Crippen LogP) is 3.30. The highest BCUT2D eigenvalue weighted by Gasteiger charge is 2.36. The van der Waals surface area contributed by atoms with Crippen molar-refractivity contribution in [3.05, 3.63) is 60.4 Å². The first-order valence-corrected chi connectivity index (χ1v) is 10.2. The van der Waals surface area contributed by atoms with Gasteiger partial charge in [-0.3, -0.25) is 14.8 Å². The fourth-order valence-corrected chi connectivity index (χ4v) is 3.84. The van der Waals surface area contributed by atoms with E-state index in [1.165, 1.54) is 0 Å². The van der Waals surface area contributed by atoms with E-state index in [2.05, 4.69) is 23.8 Å². The number of hydrogen-bond donors (Lipinski definition) is 0. The molecule has 0 bridgehead atoms. The highest BCUT2D eigenvalue weighted by molar-refractivity contribution is 5.77. The summed E-state index contributed by atoms with van der Waals surface area (Å²) in [6.45, 7) is 5.65. The van der Waals surface area contributed by atoms with Crippen LogP contribution in [-0.4, -0.2) is 42.1 Å². The Hall–Kier alpha value is -3.09. The Morgan fingerprint density at radius 2 is 1.97 bits per heavy atom. The molecule has 0 saturated carbocycles. The van der Waals surface area contributed by atoms with E-state index in [1.54, 1.807) is 18.6 Å². The van der Waals surface area contributed by atoms with E-state index in [1.807, 2.05) is 40.0 Å². The molecule has 0 N–H and O–H groups in total. The number of carbonyl (C=O) groups is 1. The van der Waals surface area contributed by atoms with Crippen LogP contribution in [0.1, 0.15) is 44.1 Å². The Morgan fingerprint density at radius 1 is 1.17 bits per heavy atom. The third-order valence-corrected chi connectivity index (χ3v) is 5.63. The van der Waals surface area contributed by atoms with Gasteiger partial charge >= 0.3 is 0 Å². The SMILES string of the molecule is CC[C@H](C)[C@H]1c2nc(-c3cccnc3)nn2CCN1C(=O)CCc1cccnc1. The van der Waals surface area contributed by atoms with Gasteiger partial charge in [-0.15, -0.1) is 0 Å². The van der Waals surface area contributed by atoms with E-state index < -0.39 is 0 Å². The molecule has 0 spiro atoms. The molecular formula is C22H26N6O. The largest absolute Gasteiger partial charge is 0.330 e. The van der Waals surface area contributed by atoms with E-state index in [0.717, 1.165) is 23.4 Å². The Balaban J connectivity index is 1.58. The molecule has 0 saturated heterocycles. The van der Waals surface area contributed by atoms with Crippen molar-refractivity contribution in [3.63, 3.8) is 0 Å². The van der Waals surface area contributed by atoms with Crippen LogP contribution in [0.15, 0.2) is 49.1 Å². The van der Waals surface area contributed by atoms with Crippen LogP contribution in [-0.2, 0) is 17.8 Å². The third kappa shape index (κ3) is 4.04. The number of fused-ring (bicyclic) bond motifs is 1. The van der Waals surface area contributed by atoms with Crippen molar-refractivity contribution < 1.29 is 4.79 Å². The number of rotatable bonds is 6. The molecule has 1 aliphatic rings. The summed E-state index contributed by atoms with van der Waals surface area (Å²) in [6, 6.07) is 7.71. The number of aryl methyl sites for hydroxylation is 1. The molecule has 3 aromatic heterocycles. The van der Waals surface area contributed by atoms with Crippen molar-refractivity contribution in [1.82, 2.24) is 29.6 Å². The normalized spacial score (nSPS) is 17.0. The molecule has 4 heterocycles. The van der Waals surface area contributed by atoms with Crippen LogP contribution in [0, 0.1) is 5.92 Å². The molecule has 2 atom stereocenters. The van der Waals surface area contributed by atoms with Gasteiger partial charge in [-0.25, -0.2) is 9.67 Å². The van der Waals surface area contributed by atoms with E-state index in [9.17, 15) is 4.79 Å². The summed E-state index contributed by atoms with van der Waals surface area (Å²) >= 11 is 0. The van der Waals surface area contributed by atoms with Crippen LogP contribution in [0.4, 0.5) is 0 Å². The van der Waals surface area contributed by atoms with Crippen LogP contribution in [0.5, 0.6) is 0 Å². The summed E-state index contributed by atoms with van der Waals surface area (Å²) in [4.78, 5) is 28.3. The zero-order valence-electron chi connectivity index (χ0n) is 16.9. The van der Waals surface area contributed by atoms with Gasteiger partial charge in [0.05, 0.1) is 12.6 Å². The number of hydrogen-bond acceptors (Lipinski definition) is 5. The summed E-state index contributed by atoms with van der Waals surface area (Å²) < 4.78 is 1.96. The lowest BCUT2D eigenvalue weighted by Gasteiger charge is -2.38. The highest BCUT2D eigenvalue weighted by atomic mass is 16.2. The van der Waals surface area contributed by atoms with Crippen molar-refractivity contribution >= 4 is 5.91 Å². The molecule has 1 aliphatic heterocycles. The minimum Gasteiger partial charge on any atom is -0.330 e. The van der Waals surface area contributed by atoms with Crippen molar-refractivity contribution in [2.45, 2.75) is 45.7 Å². The molecule has 0 fully saturated rings. The molecule has 7 heteroatoms. The fourth-order valence-electron chi connectivity index (χ4n) is 3.84. The molecular weight excluding hydrogens is 364 g/mol. The highest BCUT2D eigenvalue weighted by Crippen LogP contribution is 2.34. The Labute approximate surface area is 170 Å². The third-order valence-electron chi connectivity index (χ3n) is 5.63. The number of aromatic nitrogens is 5. The van der Waals surface area contributed by atoms with Crippen LogP contribution < -0.4 is 0 Å². The Bertz CT molecular complexity index is 956. The number of pyridine rings is 2. The summed E-state index contributed by atoms with van der Waals surface area (Å²) in [7, 11) is 0. The van der Waals surface area contributed by atoms with Gasteiger partial charge < -0.3 is 4.90 Å². The first-order chi connectivity index (χ1) is 14.2. The van der Waals surface area contributed by atoms with Crippen LogP contribution in [0.2, 0.25) is 0 Å². The molecule has 0 aliphatic carbocycles. The molecule has 7 nitrogen and oxygen atoms in total. The molecule has 0 aromatic carbocycles. The maximum atomic E-state index is 13.1. The number of carbonyl (C=O) groups excluding carboxylic acids is 1. The second-order valence-corrected chi connectivity index (χ2v) is 7.54. The van der Waals surface area contributed by atoms with Crippen molar-refractivity contribution in [2.75, 3.05) is 6.54 Å². The Kier molecular flexibility index (Phi) is 5.64. The predicted molar refractivity (Wildman–Crippen MR) is 110 cm³/mol. The van der Waals surface area contributed by atoms with Gasteiger partial charge in [-0.2, -0.15) is 5.10 Å². The van der Waals surface area contributed by atoms with Crippen LogP contribution >= 0.6 is 0 Å². The van der Waals surface area contributed by atoms with Gasteiger partial charge in [0.15, 0.2) is 11.6 Å². The van der Waals surface area contributed by atoms with E-state index in [4.69, 9.17) is 10.1 Å². The molecule has 0 radical (unpaired) electrons. The van der Waals surface area contributed by atoms with Crippen molar-refractivity contribution in [3.8, 4) is 11.4 Å².